The topological polar surface area (TPSA) is 92.0 Å². The minimum absolute atomic E-state index is 0.0382. The van der Waals surface area contributed by atoms with Gasteiger partial charge in [0, 0.05) is 26.1 Å². The van der Waals surface area contributed by atoms with Crippen molar-refractivity contribution in [3.05, 3.63) is 95.3 Å². The third kappa shape index (κ3) is 6.87. The van der Waals surface area contributed by atoms with Crippen molar-refractivity contribution in [2.75, 3.05) is 31.5 Å². The maximum atomic E-state index is 11.2. The molecule has 1 atom stereocenters. The van der Waals surface area contributed by atoms with Crippen molar-refractivity contribution in [1.82, 2.24) is 19.5 Å². The Hall–Kier alpha value is -3.75. The molecule has 1 saturated heterocycles. The predicted molar refractivity (Wildman–Crippen MR) is 157 cm³/mol. The highest BCUT2D eigenvalue weighted by molar-refractivity contribution is 5.70. The summed E-state index contributed by atoms with van der Waals surface area (Å²) in [5, 5.41) is 17.4. The van der Waals surface area contributed by atoms with E-state index in [1.807, 2.05) is 31.2 Å². The third-order valence-corrected chi connectivity index (χ3v) is 7.75. The maximum Gasteiger partial charge on any atom is 0.306 e. The van der Waals surface area contributed by atoms with E-state index in [1.165, 1.54) is 11.1 Å². The minimum Gasteiger partial charge on any atom is -0.481 e. The van der Waals surface area contributed by atoms with Crippen molar-refractivity contribution < 1.29 is 14.6 Å². The number of aryl methyl sites for hydroxylation is 1. The SMILES string of the molecule is Cc1c(CC(C)C(=O)O)nc2ccc(NCCCN3CCC(OC(c4ccccc4)c4ccccc4)CC3)nn12. The summed E-state index contributed by atoms with van der Waals surface area (Å²) in [6.07, 6.45) is 3.69. The molecule has 40 heavy (non-hydrogen) atoms. The van der Waals surface area contributed by atoms with E-state index in [9.17, 15) is 9.90 Å². The number of carboxylic acids is 1. The smallest absolute Gasteiger partial charge is 0.306 e. The molecule has 0 saturated carbocycles. The molecular weight excluding hydrogens is 502 g/mol. The number of nitrogens with zero attached hydrogens (tertiary/aromatic N) is 4. The average Bonchev–Trinajstić information content (AvgIpc) is 3.29. The number of carboxylic acid groups (broad SMARTS) is 1. The Morgan fingerprint density at radius 2 is 1.68 bits per heavy atom. The van der Waals surface area contributed by atoms with Crippen LogP contribution in [-0.2, 0) is 16.0 Å². The number of nitrogens with one attached hydrogen (secondary N) is 1. The number of rotatable bonds is 12. The van der Waals surface area contributed by atoms with Crippen molar-refractivity contribution in [2.45, 2.75) is 51.7 Å². The first-order chi connectivity index (χ1) is 19.5. The third-order valence-electron chi connectivity index (χ3n) is 7.75. The second-order valence-electron chi connectivity index (χ2n) is 10.7. The highest BCUT2D eigenvalue weighted by Gasteiger charge is 2.24. The quantitative estimate of drug-likeness (QED) is 0.233. The van der Waals surface area contributed by atoms with Crippen molar-refractivity contribution in [3.8, 4) is 0 Å². The zero-order valence-electron chi connectivity index (χ0n) is 23.4. The largest absolute Gasteiger partial charge is 0.481 e. The van der Waals surface area contributed by atoms with Gasteiger partial charge in [-0.2, -0.15) is 0 Å². The van der Waals surface area contributed by atoms with Gasteiger partial charge in [0.1, 0.15) is 11.9 Å². The van der Waals surface area contributed by atoms with Gasteiger partial charge in [-0.25, -0.2) is 9.50 Å². The van der Waals surface area contributed by atoms with Crippen LogP contribution in [0, 0.1) is 12.8 Å². The lowest BCUT2D eigenvalue weighted by Crippen LogP contribution is -2.38. The molecule has 8 heteroatoms. The molecule has 0 bridgehead atoms. The highest BCUT2D eigenvalue weighted by atomic mass is 16.5. The monoisotopic (exact) mass is 541 g/mol. The lowest BCUT2D eigenvalue weighted by Gasteiger charge is -2.34. The molecular formula is C32H39N5O3. The second-order valence-corrected chi connectivity index (χ2v) is 10.7. The van der Waals surface area contributed by atoms with Gasteiger partial charge < -0.3 is 20.1 Å². The first-order valence-corrected chi connectivity index (χ1v) is 14.3. The van der Waals surface area contributed by atoms with E-state index in [0.29, 0.717) is 6.42 Å². The highest BCUT2D eigenvalue weighted by Crippen LogP contribution is 2.30. The molecule has 5 rings (SSSR count). The second kappa shape index (κ2) is 13.1. The lowest BCUT2D eigenvalue weighted by molar-refractivity contribution is -0.141. The van der Waals surface area contributed by atoms with E-state index in [4.69, 9.17) is 4.74 Å². The van der Waals surface area contributed by atoms with Gasteiger partial charge in [0.05, 0.1) is 23.4 Å². The van der Waals surface area contributed by atoms with Crippen LogP contribution in [0.15, 0.2) is 72.8 Å². The van der Waals surface area contributed by atoms with E-state index in [0.717, 1.165) is 68.3 Å². The number of aromatic nitrogens is 3. The molecule has 0 aliphatic carbocycles. The first kappa shape index (κ1) is 27.8. The fourth-order valence-corrected chi connectivity index (χ4v) is 5.34. The normalized spacial score (nSPS) is 15.5. The van der Waals surface area contributed by atoms with Crippen LogP contribution in [0.4, 0.5) is 5.82 Å². The molecule has 2 N–H and O–H groups in total. The molecule has 8 nitrogen and oxygen atoms in total. The summed E-state index contributed by atoms with van der Waals surface area (Å²) in [6, 6.07) is 24.9. The molecule has 1 fully saturated rings. The summed E-state index contributed by atoms with van der Waals surface area (Å²) in [7, 11) is 0. The molecule has 1 aliphatic heterocycles. The Bertz CT molecular complexity index is 1340. The van der Waals surface area contributed by atoms with Crippen molar-refractivity contribution in [1.29, 1.82) is 0 Å². The zero-order valence-corrected chi connectivity index (χ0v) is 23.4. The summed E-state index contributed by atoms with van der Waals surface area (Å²) in [6.45, 7) is 7.58. The van der Waals surface area contributed by atoms with Crippen LogP contribution in [0.2, 0.25) is 0 Å². The molecule has 0 radical (unpaired) electrons. The number of aliphatic carboxylic acids is 1. The number of hydrogen-bond acceptors (Lipinski definition) is 6. The Labute approximate surface area is 236 Å². The summed E-state index contributed by atoms with van der Waals surface area (Å²) >= 11 is 0. The van der Waals surface area contributed by atoms with Crippen molar-refractivity contribution in [3.63, 3.8) is 0 Å². The van der Waals surface area contributed by atoms with E-state index < -0.39 is 11.9 Å². The summed E-state index contributed by atoms with van der Waals surface area (Å²) in [5.41, 5.74) is 4.81. The minimum atomic E-state index is -0.813. The van der Waals surface area contributed by atoms with Gasteiger partial charge >= 0.3 is 5.97 Å². The van der Waals surface area contributed by atoms with Gasteiger partial charge in [-0.1, -0.05) is 67.6 Å². The average molecular weight is 542 g/mol. The van der Waals surface area contributed by atoms with E-state index in [-0.39, 0.29) is 12.2 Å². The van der Waals surface area contributed by atoms with Gasteiger partial charge in [0.2, 0.25) is 0 Å². The number of benzene rings is 2. The van der Waals surface area contributed by atoms with Crippen LogP contribution < -0.4 is 5.32 Å². The zero-order chi connectivity index (χ0) is 27.9. The Morgan fingerprint density at radius 3 is 2.30 bits per heavy atom. The van der Waals surface area contributed by atoms with E-state index in [2.05, 4.69) is 68.8 Å². The molecule has 210 valence electrons. The standard InChI is InChI=1S/C32H39N5O3/c1-23(32(38)39)22-28-24(2)37-30(34-28)15-14-29(35-37)33-18-9-19-36-20-16-27(17-21-36)40-31(25-10-5-3-6-11-25)26-12-7-4-8-13-26/h3-8,10-15,23,27,31H,9,16-22H2,1-2H3,(H,33,35)(H,38,39). The number of fused-ring (bicyclic) bond motifs is 1. The van der Waals surface area contributed by atoms with Crippen molar-refractivity contribution >= 4 is 17.4 Å². The van der Waals surface area contributed by atoms with Crippen LogP contribution in [0.5, 0.6) is 0 Å². The number of carbonyl (C=O) groups is 1. The number of hydrogen-bond donors (Lipinski definition) is 2. The maximum absolute atomic E-state index is 11.2. The van der Waals surface area contributed by atoms with E-state index >= 15 is 0 Å². The molecule has 1 aliphatic rings. The molecule has 3 heterocycles. The van der Waals surface area contributed by atoms with E-state index in [1.54, 1.807) is 11.4 Å². The Balaban J connectivity index is 1.08. The number of anilines is 1. The molecule has 1 unspecified atom stereocenters. The fourth-order valence-electron chi connectivity index (χ4n) is 5.34. The fraction of sp³-hybridized carbons (Fsp3) is 0.406. The van der Waals surface area contributed by atoms with Crippen LogP contribution in [-0.4, -0.2) is 62.9 Å². The van der Waals surface area contributed by atoms with Gasteiger partial charge in [-0.05, 0) is 56.0 Å². The van der Waals surface area contributed by atoms with Crippen LogP contribution in [0.3, 0.4) is 0 Å². The summed E-state index contributed by atoms with van der Waals surface area (Å²) in [5.74, 6) is -0.495. The van der Waals surface area contributed by atoms with Crippen molar-refractivity contribution in [2.24, 2.45) is 5.92 Å². The van der Waals surface area contributed by atoms with Crippen LogP contribution in [0.25, 0.3) is 5.65 Å². The van der Waals surface area contributed by atoms with Gasteiger partial charge in [-0.3, -0.25) is 4.79 Å². The number of ether oxygens (including phenoxy) is 1. The van der Waals surface area contributed by atoms with Gasteiger partial charge in [0.25, 0.3) is 0 Å². The van der Waals surface area contributed by atoms with Crippen LogP contribution in [0.1, 0.15) is 54.8 Å². The number of imidazole rings is 1. The lowest BCUT2D eigenvalue weighted by atomic mass is 10.00. The Kier molecular flexibility index (Phi) is 9.08. The summed E-state index contributed by atoms with van der Waals surface area (Å²) < 4.78 is 8.49. The Morgan fingerprint density at radius 1 is 1.02 bits per heavy atom. The molecule has 2 aromatic carbocycles. The van der Waals surface area contributed by atoms with Gasteiger partial charge in [-0.15, -0.1) is 5.10 Å². The predicted octanol–water partition coefficient (Wildman–Crippen LogP) is 5.37. The van der Waals surface area contributed by atoms with Crippen LogP contribution >= 0.6 is 0 Å². The molecule has 2 aromatic heterocycles. The molecule has 0 spiro atoms. The first-order valence-electron chi connectivity index (χ1n) is 14.3. The van der Waals surface area contributed by atoms with Gasteiger partial charge in [0.15, 0.2) is 5.65 Å². The molecule has 0 amide bonds. The summed E-state index contributed by atoms with van der Waals surface area (Å²) in [4.78, 5) is 18.3. The molecule has 4 aromatic rings. The number of piperidine rings is 1. The number of likely N-dealkylation sites (tertiary alicyclic amines) is 1.